The second-order valence-corrected chi connectivity index (χ2v) is 3.52. The Bertz CT molecular complexity index is 226. The first-order chi connectivity index (χ1) is 6.22. The van der Waals surface area contributed by atoms with Crippen molar-refractivity contribution in [1.29, 1.82) is 5.26 Å². The number of hydrogen-bond donors (Lipinski definition) is 1. The molecule has 0 aromatic heterocycles. The summed E-state index contributed by atoms with van der Waals surface area (Å²) in [6.07, 6.45) is 0.495. The molecule has 0 radical (unpaired) electrons. The SMILES string of the molecule is N#CC(Cl)CN1CCNC(=O)CC1. The summed E-state index contributed by atoms with van der Waals surface area (Å²) >= 11 is 5.68. The molecule has 1 saturated heterocycles. The van der Waals surface area contributed by atoms with Crippen LogP contribution in [0.25, 0.3) is 0 Å². The predicted molar refractivity (Wildman–Crippen MR) is 49.3 cm³/mol. The van der Waals surface area contributed by atoms with Crippen LogP contribution in [0, 0.1) is 11.3 Å². The van der Waals surface area contributed by atoms with Gasteiger partial charge in [-0.1, -0.05) is 0 Å². The zero-order valence-corrected chi connectivity index (χ0v) is 8.05. The van der Waals surface area contributed by atoms with Gasteiger partial charge in [0.15, 0.2) is 0 Å². The number of nitrogens with one attached hydrogen (secondary N) is 1. The summed E-state index contributed by atoms with van der Waals surface area (Å²) in [7, 11) is 0. The Labute approximate surface area is 82.5 Å². The molecular formula is C8H12ClN3O. The highest BCUT2D eigenvalue weighted by Crippen LogP contribution is 2.01. The highest BCUT2D eigenvalue weighted by molar-refractivity contribution is 6.22. The Kier molecular flexibility index (Phi) is 4.00. The van der Waals surface area contributed by atoms with Crippen LogP contribution in [0.15, 0.2) is 0 Å². The van der Waals surface area contributed by atoms with E-state index in [1.807, 2.05) is 11.0 Å². The molecule has 13 heavy (non-hydrogen) atoms. The number of carbonyl (C=O) groups is 1. The van der Waals surface area contributed by atoms with E-state index in [-0.39, 0.29) is 5.91 Å². The number of rotatable bonds is 2. The first kappa shape index (κ1) is 10.3. The molecular weight excluding hydrogens is 190 g/mol. The Balaban J connectivity index is 2.34. The number of nitriles is 1. The normalized spacial score (nSPS) is 21.4. The summed E-state index contributed by atoms with van der Waals surface area (Å²) in [6.45, 7) is 2.65. The fourth-order valence-corrected chi connectivity index (χ4v) is 1.46. The molecule has 1 rings (SSSR count). The average Bonchev–Trinajstić information content (AvgIpc) is 2.31. The average molecular weight is 202 g/mol. The van der Waals surface area contributed by atoms with Crippen molar-refractivity contribution in [3.8, 4) is 6.07 Å². The van der Waals surface area contributed by atoms with Gasteiger partial charge in [0.1, 0.15) is 5.38 Å². The molecule has 1 aliphatic heterocycles. The Morgan fingerprint density at radius 2 is 2.46 bits per heavy atom. The third-order valence-corrected chi connectivity index (χ3v) is 2.20. The van der Waals surface area contributed by atoms with E-state index < -0.39 is 5.38 Å². The lowest BCUT2D eigenvalue weighted by Crippen LogP contribution is -2.32. The number of nitrogens with zero attached hydrogens (tertiary/aromatic N) is 2. The van der Waals surface area contributed by atoms with Crippen LogP contribution in [-0.4, -0.2) is 42.4 Å². The Morgan fingerprint density at radius 3 is 3.15 bits per heavy atom. The summed E-state index contributed by atoms with van der Waals surface area (Å²) < 4.78 is 0. The summed E-state index contributed by atoms with van der Waals surface area (Å²) in [6, 6.07) is 1.96. The number of carbonyl (C=O) groups excluding carboxylic acids is 1. The van der Waals surface area contributed by atoms with Crippen molar-refractivity contribution in [3.05, 3.63) is 0 Å². The molecule has 1 amide bonds. The van der Waals surface area contributed by atoms with E-state index >= 15 is 0 Å². The van der Waals surface area contributed by atoms with Crippen LogP contribution in [0.3, 0.4) is 0 Å². The van der Waals surface area contributed by atoms with Crippen LogP contribution in [0.1, 0.15) is 6.42 Å². The molecule has 1 N–H and O–H groups in total. The van der Waals surface area contributed by atoms with Gasteiger partial charge in [-0.3, -0.25) is 9.69 Å². The summed E-state index contributed by atoms with van der Waals surface area (Å²) in [5.74, 6) is 0.0746. The third-order valence-electron chi connectivity index (χ3n) is 1.96. The molecule has 1 heterocycles. The van der Waals surface area contributed by atoms with Gasteiger partial charge in [-0.2, -0.15) is 5.26 Å². The number of alkyl halides is 1. The highest BCUT2D eigenvalue weighted by Gasteiger charge is 2.15. The molecule has 0 aliphatic carbocycles. The number of halogens is 1. The Hall–Kier alpha value is -0.790. The molecule has 0 aromatic rings. The topological polar surface area (TPSA) is 56.1 Å². The maximum absolute atomic E-state index is 10.9. The maximum atomic E-state index is 10.9. The van der Waals surface area contributed by atoms with Crippen molar-refractivity contribution in [2.24, 2.45) is 0 Å². The van der Waals surface area contributed by atoms with E-state index in [0.29, 0.717) is 26.1 Å². The Morgan fingerprint density at radius 1 is 1.69 bits per heavy atom. The van der Waals surface area contributed by atoms with E-state index in [9.17, 15) is 4.79 Å². The lowest BCUT2D eigenvalue weighted by molar-refractivity contribution is -0.120. The smallest absolute Gasteiger partial charge is 0.221 e. The first-order valence-electron chi connectivity index (χ1n) is 4.25. The second-order valence-electron chi connectivity index (χ2n) is 3.00. The molecule has 1 aliphatic rings. The van der Waals surface area contributed by atoms with E-state index in [0.717, 1.165) is 6.54 Å². The molecule has 5 heteroatoms. The van der Waals surface area contributed by atoms with Crippen molar-refractivity contribution >= 4 is 17.5 Å². The van der Waals surface area contributed by atoms with E-state index in [1.54, 1.807) is 0 Å². The van der Waals surface area contributed by atoms with E-state index in [2.05, 4.69) is 5.32 Å². The molecule has 1 atom stereocenters. The predicted octanol–water partition coefficient (Wildman–Crippen LogP) is -0.0607. The molecule has 1 fully saturated rings. The van der Waals surface area contributed by atoms with E-state index in [1.165, 1.54) is 0 Å². The summed E-state index contributed by atoms with van der Waals surface area (Å²) in [5.41, 5.74) is 0. The maximum Gasteiger partial charge on any atom is 0.221 e. The second kappa shape index (κ2) is 5.05. The van der Waals surface area contributed by atoms with Gasteiger partial charge >= 0.3 is 0 Å². The number of amides is 1. The molecule has 72 valence electrons. The minimum atomic E-state index is -0.479. The quantitative estimate of drug-likeness (QED) is 0.637. The molecule has 0 aromatic carbocycles. The third kappa shape index (κ3) is 3.62. The summed E-state index contributed by atoms with van der Waals surface area (Å²) in [4.78, 5) is 13.0. The monoisotopic (exact) mass is 201 g/mol. The van der Waals surface area contributed by atoms with Crippen molar-refractivity contribution in [2.75, 3.05) is 26.2 Å². The van der Waals surface area contributed by atoms with Crippen LogP contribution in [0.5, 0.6) is 0 Å². The van der Waals surface area contributed by atoms with Gasteiger partial charge in [0.05, 0.1) is 6.07 Å². The van der Waals surface area contributed by atoms with Crippen molar-refractivity contribution in [1.82, 2.24) is 10.2 Å². The lowest BCUT2D eigenvalue weighted by Gasteiger charge is -2.18. The molecule has 4 nitrogen and oxygen atoms in total. The standard InChI is InChI=1S/C8H12ClN3O/c9-7(5-10)6-12-3-1-8(13)11-2-4-12/h7H,1-4,6H2,(H,11,13). The van der Waals surface area contributed by atoms with Crippen LogP contribution < -0.4 is 5.32 Å². The van der Waals surface area contributed by atoms with Gasteiger partial charge in [-0.25, -0.2) is 0 Å². The van der Waals surface area contributed by atoms with Gasteiger partial charge in [-0.05, 0) is 0 Å². The van der Waals surface area contributed by atoms with Crippen molar-refractivity contribution in [2.45, 2.75) is 11.8 Å². The van der Waals surface area contributed by atoms with Gasteiger partial charge in [0, 0.05) is 32.6 Å². The van der Waals surface area contributed by atoms with Crippen molar-refractivity contribution < 1.29 is 4.79 Å². The molecule has 0 spiro atoms. The van der Waals surface area contributed by atoms with Crippen LogP contribution in [-0.2, 0) is 4.79 Å². The number of hydrogen-bond acceptors (Lipinski definition) is 3. The minimum absolute atomic E-state index is 0.0746. The largest absolute Gasteiger partial charge is 0.355 e. The molecule has 0 saturated carbocycles. The van der Waals surface area contributed by atoms with Crippen molar-refractivity contribution in [3.63, 3.8) is 0 Å². The zero-order valence-electron chi connectivity index (χ0n) is 7.29. The van der Waals surface area contributed by atoms with Gasteiger partial charge in [-0.15, -0.1) is 11.6 Å². The lowest BCUT2D eigenvalue weighted by atomic mass is 10.3. The van der Waals surface area contributed by atoms with Crippen LogP contribution in [0.2, 0.25) is 0 Å². The fraction of sp³-hybridized carbons (Fsp3) is 0.750. The summed E-state index contributed by atoms with van der Waals surface area (Å²) in [5, 5.41) is 10.8. The van der Waals surface area contributed by atoms with Crippen LogP contribution >= 0.6 is 11.6 Å². The minimum Gasteiger partial charge on any atom is -0.355 e. The zero-order chi connectivity index (χ0) is 9.68. The first-order valence-corrected chi connectivity index (χ1v) is 4.69. The van der Waals surface area contributed by atoms with Crippen LogP contribution in [0.4, 0.5) is 0 Å². The fourth-order valence-electron chi connectivity index (χ4n) is 1.26. The molecule has 0 bridgehead atoms. The molecule has 1 unspecified atom stereocenters. The van der Waals surface area contributed by atoms with E-state index in [4.69, 9.17) is 16.9 Å². The highest BCUT2D eigenvalue weighted by atomic mass is 35.5. The van der Waals surface area contributed by atoms with Gasteiger partial charge in [0.2, 0.25) is 5.91 Å². The van der Waals surface area contributed by atoms with Gasteiger partial charge < -0.3 is 5.32 Å². The van der Waals surface area contributed by atoms with Gasteiger partial charge in [0.25, 0.3) is 0 Å².